The molecule has 9 nitrogen and oxygen atoms in total. The molecule has 40 heavy (non-hydrogen) atoms. The number of piperazine rings is 1. The Morgan fingerprint density at radius 3 is 2.55 bits per heavy atom. The van der Waals surface area contributed by atoms with Gasteiger partial charge < -0.3 is 14.5 Å². The monoisotopic (exact) mass is 564 g/mol. The summed E-state index contributed by atoms with van der Waals surface area (Å²) < 4.78 is 34.8. The van der Waals surface area contributed by atoms with Gasteiger partial charge in [-0.2, -0.15) is 0 Å². The largest absolute Gasteiger partial charge is 0.493 e. The Kier molecular flexibility index (Phi) is 9.94. The molecule has 1 unspecified atom stereocenters. The van der Waals surface area contributed by atoms with Gasteiger partial charge in [0.15, 0.2) is 0 Å². The van der Waals surface area contributed by atoms with Gasteiger partial charge in [0.2, 0.25) is 10.0 Å². The SMILES string of the molecule is C=CC(c1ccc(-c2ccccc2)cc1OCCCN1CCN(C)CC1)S(=O)(=O)n1ccc(/C=C/C(=O)NO)c1. The number of likely N-dealkylation sites (N-methyl/N-ethyl adjacent to an activating group) is 1. The van der Waals surface area contributed by atoms with Gasteiger partial charge in [0.05, 0.1) is 6.61 Å². The summed E-state index contributed by atoms with van der Waals surface area (Å²) >= 11 is 0. The van der Waals surface area contributed by atoms with Crippen LogP contribution >= 0.6 is 0 Å². The van der Waals surface area contributed by atoms with Crippen molar-refractivity contribution >= 4 is 22.0 Å². The second-order valence-corrected chi connectivity index (χ2v) is 11.7. The number of nitrogens with one attached hydrogen (secondary N) is 1. The van der Waals surface area contributed by atoms with E-state index in [-0.39, 0.29) is 0 Å². The number of ether oxygens (including phenoxy) is 1. The predicted octanol–water partition coefficient (Wildman–Crippen LogP) is 3.80. The molecule has 1 saturated heterocycles. The third kappa shape index (κ3) is 7.28. The van der Waals surface area contributed by atoms with Gasteiger partial charge in [-0.1, -0.05) is 48.5 Å². The number of amides is 1. The topological polar surface area (TPSA) is 104 Å². The lowest BCUT2D eigenvalue weighted by Gasteiger charge is -2.32. The number of carbonyl (C=O) groups is 1. The number of benzene rings is 2. The van der Waals surface area contributed by atoms with Crippen LogP contribution in [0.1, 0.15) is 22.8 Å². The number of hydrogen-bond acceptors (Lipinski definition) is 7. The van der Waals surface area contributed by atoms with Crippen LogP contribution in [-0.2, 0) is 14.8 Å². The van der Waals surface area contributed by atoms with Crippen molar-refractivity contribution in [1.82, 2.24) is 19.3 Å². The summed E-state index contributed by atoms with van der Waals surface area (Å²) in [6.45, 7) is 9.36. The molecule has 2 heterocycles. The zero-order chi connectivity index (χ0) is 28.5. The first kappa shape index (κ1) is 29.3. The Hall–Kier alpha value is -3.70. The van der Waals surface area contributed by atoms with Crippen LogP contribution in [0.2, 0.25) is 0 Å². The zero-order valence-electron chi connectivity index (χ0n) is 22.6. The molecular weight excluding hydrogens is 528 g/mol. The van der Waals surface area contributed by atoms with E-state index in [9.17, 15) is 13.2 Å². The first-order valence-corrected chi connectivity index (χ1v) is 14.7. The standard InChI is InChI=1S/C30H36N4O5S/c1-3-29(40(37,38)34-16-14-24(23-34)10-13-30(35)31-36)27-12-11-26(25-8-5-4-6-9-25)22-28(27)39-21-7-15-33-19-17-32(2)18-20-33/h3-6,8-14,16,22-23,29,36H,1,7,15,17-21H2,2H3,(H,31,35)/b13-10+. The second-order valence-electron chi connectivity index (χ2n) is 9.75. The Bertz CT molecular complexity index is 1430. The Morgan fingerprint density at radius 2 is 1.85 bits per heavy atom. The van der Waals surface area contributed by atoms with Gasteiger partial charge >= 0.3 is 0 Å². The molecule has 10 heteroatoms. The summed E-state index contributed by atoms with van der Waals surface area (Å²) in [6.07, 6.45) is 7.55. The van der Waals surface area contributed by atoms with Crippen molar-refractivity contribution in [2.24, 2.45) is 0 Å². The molecule has 0 radical (unpaired) electrons. The molecular formula is C30H36N4O5S. The Balaban J connectivity index is 1.58. The van der Waals surface area contributed by atoms with Gasteiger partial charge in [-0.3, -0.25) is 14.0 Å². The number of hydroxylamine groups is 1. The van der Waals surface area contributed by atoms with E-state index in [1.807, 2.05) is 42.5 Å². The molecule has 3 aromatic rings. The highest BCUT2D eigenvalue weighted by atomic mass is 32.2. The fourth-order valence-electron chi connectivity index (χ4n) is 4.65. The van der Waals surface area contributed by atoms with Crippen molar-refractivity contribution < 1.29 is 23.2 Å². The van der Waals surface area contributed by atoms with Crippen molar-refractivity contribution in [2.45, 2.75) is 11.7 Å². The molecule has 2 aromatic carbocycles. The fraction of sp³-hybridized carbons (Fsp3) is 0.300. The van der Waals surface area contributed by atoms with E-state index in [0.717, 1.165) is 60.3 Å². The third-order valence-corrected chi connectivity index (χ3v) is 8.86. The van der Waals surface area contributed by atoms with Crippen LogP contribution in [0, 0.1) is 0 Å². The highest BCUT2D eigenvalue weighted by Crippen LogP contribution is 2.36. The second kappa shape index (κ2) is 13.6. The summed E-state index contributed by atoms with van der Waals surface area (Å²) in [7, 11) is -1.83. The summed E-state index contributed by atoms with van der Waals surface area (Å²) in [6, 6.07) is 17.0. The van der Waals surface area contributed by atoms with Crippen molar-refractivity contribution in [3.05, 3.63) is 96.8 Å². The molecule has 0 bridgehead atoms. The van der Waals surface area contributed by atoms with Crippen LogP contribution in [0.5, 0.6) is 5.75 Å². The van der Waals surface area contributed by atoms with Gasteiger partial charge in [-0.05, 0) is 48.4 Å². The summed E-state index contributed by atoms with van der Waals surface area (Å²) in [4.78, 5) is 16.0. The first-order chi connectivity index (χ1) is 19.3. The lowest BCUT2D eigenvalue weighted by atomic mass is 10.0. The van der Waals surface area contributed by atoms with Crippen LogP contribution in [0.3, 0.4) is 0 Å². The quantitative estimate of drug-likeness (QED) is 0.113. The molecule has 1 aliphatic heterocycles. The zero-order valence-corrected chi connectivity index (χ0v) is 23.5. The summed E-state index contributed by atoms with van der Waals surface area (Å²) in [5.74, 6) is -0.215. The first-order valence-electron chi connectivity index (χ1n) is 13.2. The minimum Gasteiger partial charge on any atom is -0.493 e. The average Bonchev–Trinajstić information content (AvgIpc) is 3.46. The van der Waals surface area contributed by atoms with Crippen LogP contribution in [0.25, 0.3) is 17.2 Å². The van der Waals surface area contributed by atoms with Crippen LogP contribution in [0.15, 0.2) is 85.7 Å². The van der Waals surface area contributed by atoms with E-state index in [0.29, 0.717) is 23.5 Å². The van der Waals surface area contributed by atoms with E-state index < -0.39 is 21.2 Å². The molecule has 0 saturated carbocycles. The maximum Gasteiger partial charge on any atom is 0.267 e. The molecule has 0 spiro atoms. The highest BCUT2D eigenvalue weighted by Gasteiger charge is 2.29. The number of aromatic nitrogens is 1. The van der Waals surface area contributed by atoms with Gasteiger partial charge in [0.1, 0.15) is 11.0 Å². The Morgan fingerprint density at radius 1 is 1.10 bits per heavy atom. The number of nitrogens with zero attached hydrogens (tertiary/aromatic N) is 3. The minimum absolute atomic E-state index is 0.451. The molecule has 4 rings (SSSR count). The highest BCUT2D eigenvalue weighted by molar-refractivity contribution is 7.90. The molecule has 212 valence electrons. The van der Waals surface area contributed by atoms with Crippen molar-refractivity contribution in [2.75, 3.05) is 46.4 Å². The molecule has 1 atom stereocenters. The van der Waals surface area contributed by atoms with E-state index >= 15 is 0 Å². The third-order valence-electron chi connectivity index (χ3n) is 6.96. The maximum atomic E-state index is 13.7. The van der Waals surface area contributed by atoms with Gasteiger partial charge in [0, 0.05) is 56.8 Å². The Labute approximate surface area is 236 Å². The lowest BCUT2D eigenvalue weighted by molar-refractivity contribution is -0.124. The number of carbonyl (C=O) groups excluding carboxylic acids is 1. The van der Waals surface area contributed by atoms with E-state index in [2.05, 4.69) is 23.4 Å². The minimum atomic E-state index is -3.96. The van der Waals surface area contributed by atoms with Gasteiger partial charge in [-0.25, -0.2) is 13.9 Å². The summed E-state index contributed by atoms with van der Waals surface area (Å²) in [5, 5.41) is 7.60. The maximum absolute atomic E-state index is 13.7. The molecule has 1 aliphatic rings. The lowest BCUT2D eigenvalue weighted by Crippen LogP contribution is -2.44. The van der Waals surface area contributed by atoms with Crippen LogP contribution in [-0.4, -0.2) is 79.7 Å². The average molecular weight is 565 g/mol. The van der Waals surface area contributed by atoms with Gasteiger partial charge in [-0.15, -0.1) is 6.58 Å². The van der Waals surface area contributed by atoms with Crippen molar-refractivity contribution in [3.63, 3.8) is 0 Å². The molecule has 2 N–H and O–H groups in total. The molecule has 1 fully saturated rings. The number of rotatable bonds is 12. The van der Waals surface area contributed by atoms with E-state index in [4.69, 9.17) is 9.94 Å². The normalized spacial score (nSPS) is 15.7. The van der Waals surface area contributed by atoms with E-state index in [1.165, 1.54) is 30.0 Å². The molecule has 1 amide bonds. The molecule has 0 aliphatic carbocycles. The van der Waals surface area contributed by atoms with Crippen LogP contribution < -0.4 is 10.2 Å². The fourth-order valence-corrected chi connectivity index (χ4v) is 6.17. The predicted molar refractivity (Wildman–Crippen MR) is 157 cm³/mol. The van der Waals surface area contributed by atoms with Crippen molar-refractivity contribution in [3.8, 4) is 16.9 Å². The van der Waals surface area contributed by atoms with Gasteiger partial charge in [0.25, 0.3) is 5.91 Å². The summed E-state index contributed by atoms with van der Waals surface area (Å²) in [5.41, 5.74) is 4.41. The molecule has 1 aromatic heterocycles. The van der Waals surface area contributed by atoms with Crippen molar-refractivity contribution in [1.29, 1.82) is 0 Å². The number of hydrogen-bond donors (Lipinski definition) is 2. The van der Waals surface area contributed by atoms with Crippen LogP contribution in [0.4, 0.5) is 0 Å². The smallest absolute Gasteiger partial charge is 0.267 e. The van der Waals surface area contributed by atoms with E-state index in [1.54, 1.807) is 12.1 Å².